The van der Waals surface area contributed by atoms with Gasteiger partial charge in [-0.2, -0.15) is 0 Å². The Labute approximate surface area is 182 Å². The molecule has 5 nitrogen and oxygen atoms in total. The van der Waals surface area contributed by atoms with E-state index in [1.165, 1.54) is 11.0 Å². The molecule has 3 rings (SSSR count). The zero-order valence-electron chi connectivity index (χ0n) is 14.9. The van der Waals surface area contributed by atoms with Gasteiger partial charge in [0.05, 0.1) is 0 Å². The van der Waals surface area contributed by atoms with Gasteiger partial charge in [0.15, 0.2) is 5.11 Å². The summed E-state index contributed by atoms with van der Waals surface area (Å²) in [4.78, 5) is 26.3. The van der Waals surface area contributed by atoms with Crippen LogP contribution in [0.15, 0.2) is 66.8 Å². The summed E-state index contributed by atoms with van der Waals surface area (Å²) >= 11 is 7.32. The second-order valence-electron chi connectivity index (χ2n) is 5.97. The second-order valence-corrected chi connectivity index (χ2v) is 7.61. The van der Waals surface area contributed by atoms with Gasteiger partial charge in [0.1, 0.15) is 17.9 Å². The lowest BCUT2D eigenvalue weighted by Gasteiger charge is -2.27. The van der Waals surface area contributed by atoms with Crippen LogP contribution in [0.25, 0.3) is 6.08 Å². The van der Waals surface area contributed by atoms with Crippen LogP contribution in [0, 0.1) is 3.57 Å². The number of benzene rings is 2. The lowest BCUT2D eigenvalue weighted by Crippen LogP contribution is -2.53. The number of para-hydroxylation sites is 1. The molecule has 0 spiro atoms. The molecule has 7 heteroatoms. The number of hydrogen-bond donors (Lipinski definition) is 1. The Hall–Kier alpha value is -2.52. The molecular weight excluding hydrogens is 487 g/mol. The summed E-state index contributed by atoms with van der Waals surface area (Å²) in [5.41, 5.74) is 1.66. The van der Waals surface area contributed by atoms with Gasteiger partial charge in [0.25, 0.3) is 11.8 Å². The molecule has 1 heterocycles. The van der Waals surface area contributed by atoms with E-state index in [4.69, 9.17) is 17.0 Å². The Morgan fingerprint density at radius 2 is 1.86 bits per heavy atom. The predicted molar refractivity (Wildman–Crippen MR) is 121 cm³/mol. The van der Waals surface area contributed by atoms with Crippen LogP contribution in [-0.4, -0.2) is 28.4 Å². The molecule has 1 aliphatic heterocycles. The van der Waals surface area contributed by atoms with Crippen molar-refractivity contribution in [1.29, 1.82) is 0 Å². The van der Waals surface area contributed by atoms with E-state index in [9.17, 15) is 9.59 Å². The smallest absolute Gasteiger partial charge is 0.265 e. The highest BCUT2D eigenvalue weighted by molar-refractivity contribution is 14.1. The minimum atomic E-state index is -0.525. The third kappa shape index (κ3) is 4.66. The summed E-state index contributed by atoms with van der Waals surface area (Å²) in [6, 6.07) is 15.3. The Balaban J connectivity index is 1.86. The summed E-state index contributed by atoms with van der Waals surface area (Å²) in [5.74, 6) is -0.401. The van der Waals surface area contributed by atoms with Crippen LogP contribution in [0.4, 0.5) is 0 Å². The molecule has 1 saturated heterocycles. The molecule has 1 N–H and O–H groups in total. The zero-order valence-corrected chi connectivity index (χ0v) is 17.8. The Morgan fingerprint density at radius 1 is 1.14 bits per heavy atom. The highest BCUT2D eigenvalue weighted by atomic mass is 127. The number of halogens is 1. The number of nitrogens with one attached hydrogen (secondary N) is 1. The number of hydrogen-bond acceptors (Lipinski definition) is 4. The summed E-state index contributed by atoms with van der Waals surface area (Å²) in [6.07, 6.45) is 3.08. The number of carbonyl (C=O) groups is 2. The Bertz CT molecular complexity index is 970. The van der Waals surface area contributed by atoms with E-state index >= 15 is 0 Å². The van der Waals surface area contributed by atoms with Crippen molar-refractivity contribution in [1.82, 2.24) is 10.2 Å². The third-order valence-corrected chi connectivity index (χ3v) is 5.07. The molecule has 0 aromatic heterocycles. The van der Waals surface area contributed by atoms with Crippen LogP contribution >= 0.6 is 34.8 Å². The Kier molecular flexibility index (Phi) is 6.58. The van der Waals surface area contributed by atoms with E-state index in [1.54, 1.807) is 18.2 Å². The number of ether oxygens (including phenoxy) is 1. The van der Waals surface area contributed by atoms with Crippen molar-refractivity contribution in [2.75, 3.05) is 6.54 Å². The van der Waals surface area contributed by atoms with Crippen LogP contribution in [0.2, 0.25) is 0 Å². The number of carbonyl (C=O) groups excluding carboxylic acids is 2. The van der Waals surface area contributed by atoms with Gasteiger partial charge in [-0.1, -0.05) is 36.4 Å². The van der Waals surface area contributed by atoms with E-state index in [-0.39, 0.29) is 17.2 Å². The lowest BCUT2D eigenvalue weighted by molar-refractivity contribution is -0.128. The van der Waals surface area contributed by atoms with Crippen molar-refractivity contribution in [2.24, 2.45) is 0 Å². The molecule has 0 bridgehead atoms. The number of nitrogens with zero attached hydrogens (tertiary/aromatic N) is 1. The standard InChI is InChI=1S/C21H17IN2O3S/c1-2-11-24-20(26)17(19(25)23-21(24)28)12-15-5-3-4-6-18(15)27-13-14-7-9-16(22)10-8-14/h2-10,12H,1,11,13H2,(H,23,25,28)/b17-12+. The number of amides is 2. The van der Waals surface area contributed by atoms with Gasteiger partial charge in [0.2, 0.25) is 0 Å². The number of thiocarbonyl (C=S) groups is 1. The molecule has 142 valence electrons. The van der Waals surface area contributed by atoms with E-state index in [0.29, 0.717) is 17.9 Å². The second kappa shape index (κ2) is 9.11. The Morgan fingerprint density at radius 3 is 2.57 bits per heavy atom. The quantitative estimate of drug-likeness (QED) is 0.215. The van der Waals surface area contributed by atoms with Crippen molar-refractivity contribution in [2.45, 2.75) is 6.61 Å². The zero-order chi connectivity index (χ0) is 20.1. The van der Waals surface area contributed by atoms with E-state index in [2.05, 4.69) is 34.5 Å². The van der Waals surface area contributed by atoms with Gasteiger partial charge < -0.3 is 4.74 Å². The average Bonchev–Trinajstić information content (AvgIpc) is 2.69. The first kappa shape index (κ1) is 20.2. The molecule has 2 aromatic rings. The van der Waals surface area contributed by atoms with Crippen LogP contribution in [0.3, 0.4) is 0 Å². The molecule has 1 aliphatic rings. The minimum absolute atomic E-state index is 0.000708. The fourth-order valence-corrected chi connectivity index (χ4v) is 3.23. The van der Waals surface area contributed by atoms with Gasteiger partial charge in [-0.05, 0) is 64.6 Å². The molecule has 2 aromatic carbocycles. The summed E-state index contributed by atoms with van der Waals surface area (Å²) in [7, 11) is 0. The third-order valence-electron chi connectivity index (χ3n) is 4.02. The fraction of sp³-hybridized carbons (Fsp3) is 0.0952. The molecule has 0 unspecified atom stereocenters. The average molecular weight is 504 g/mol. The van der Waals surface area contributed by atoms with Crippen molar-refractivity contribution in [3.63, 3.8) is 0 Å². The van der Waals surface area contributed by atoms with Crippen LogP contribution in [-0.2, 0) is 16.2 Å². The van der Waals surface area contributed by atoms with Crippen molar-refractivity contribution >= 4 is 57.8 Å². The van der Waals surface area contributed by atoms with Crippen LogP contribution in [0.1, 0.15) is 11.1 Å². The normalized spacial score (nSPS) is 15.5. The maximum absolute atomic E-state index is 12.7. The molecule has 0 saturated carbocycles. The maximum Gasteiger partial charge on any atom is 0.265 e. The molecule has 2 amide bonds. The van der Waals surface area contributed by atoms with Crippen LogP contribution < -0.4 is 10.1 Å². The first-order valence-electron chi connectivity index (χ1n) is 8.45. The van der Waals surface area contributed by atoms with Gasteiger partial charge in [0, 0.05) is 15.7 Å². The first-order valence-corrected chi connectivity index (χ1v) is 9.94. The lowest BCUT2D eigenvalue weighted by atomic mass is 10.1. The van der Waals surface area contributed by atoms with E-state index < -0.39 is 11.8 Å². The SMILES string of the molecule is C=CCN1C(=O)/C(=C/c2ccccc2OCc2ccc(I)cc2)C(=O)NC1=S. The fourth-order valence-electron chi connectivity index (χ4n) is 2.62. The van der Waals surface area contributed by atoms with Crippen LogP contribution in [0.5, 0.6) is 5.75 Å². The van der Waals surface area contributed by atoms with Gasteiger partial charge >= 0.3 is 0 Å². The highest BCUT2D eigenvalue weighted by Gasteiger charge is 2.32. The van der Waals surface area contributed by atoms with Gasteiger partial charge in [-0.15, -0.1) is 6.58 Å². The molecular formula is C21H17IN2O3S. The monoisotopic (exact) mass is 504 g/mol. The molecule has 0 aliphatic carbocycles. The van der Waals surface area contributed by atoms with Gasteiger partial charge in [-0.25, -0.2) is 0 Å². The largest absolute Gasteiger partial charge is 0.488 e. The maximum atomic E-state index is 12.7. The van der Waals surface area contributed by atoms with Gasteiger partial charge in [-0.3, -0.25) is 19.8 Å². The highest BCUT2D eigenvalue weighted by Crippen LogP contribution is 2.24. The molecule has 28 heavy (non-hydrogen) atoms. The van der Waals surface area contributed by atoms with E-state index in [0.717, 1.165) is 9.13 Å². The van der Waals surface area contributed by atoms with E-state index in [1.807, 2.05) is 36.4 Å². The molecule has 1 fully saturated rings. The molecule has 0 atom stereocenters. The minimum Gasteiger partial charge on any atom is -0.488 e. The summed E-state index contributed by atoms with van der Waals surface area (Å²) < 4.78 is 7.07. The van der Waals surface area contributed by atoms with Crippen molar-refractivity contribution in [3.05, 3.63) is 81.5 Å². The topological polar surface area (TPSA) is 58.6 Å². The summed E-state index contributed by atoms with van der Waals surface area (Å²) in [6.45, 7) is 4.22. The number of rotatable bonds is 6. The van der Waals surface area contributed by atoms with Crippen molar-refractivity contribution < 1.29 is 14.3 Å². The predicted octanol–water partition coefficient (Wildman–Crippen LogP) is 3.68. The first-order chi connectivity index (χ1) is 13.5. The summed E-state index contributed by atoms with van der Waals surface area (Å²) in [5, 5.41) is 2.62. The molecule has 0 radical (unpaired) electrons. The van der Waals surface area contributed by atoms with Crippen molar-refractivity contribution in [3.8, 4) is 5.75 Å².